The lowest BCUT2D eigenvalue weighted by Crippen LogP contribution is -2.31. The van der Waals surface area contributed by atoms with Gasteiger partial charge in [-0.3, -0.25) is 9.59 Å². The van der Waals surface area contributed by atoms with Crippen LogP contribution in [0.4, 0.5) is 14.5 Å². The quantitative estimate of drug-likeness (QED) is 0.326. The number of carbonyl (C=O) groups is 1. The van der Waals surface area contributed by atoms with E-state index in [1.54, 1.807) is 25.1 Å². The monoisotopic (exact) mass is 520 g/mol. The maximum absolute atomic E-state index is 14.4. The number of carbonyl (C=O) groups excluding carboxylic acids is 1. The first-order chi connectivity index (χ1) is 18.1. The summed E-state index contributed by atoms with van der Waals surface area (Å²) in [6, 6.07) is 7.75. The molecule has 1 atom stereocenters. The van der Waals surface area contributed by atoms with Crippen LogP contribution in [0, 0.1) is 18.6 Å². The molecule has 0 spiro atoms. The van der Waals surface area contributed by atoms with E-state index >= 15 is 0 Å². The zero-order valence-electron chi connectivity index (χ0n) is 21.8. The third-order valence-electron chi connectivity index (χ3n) is 6.94. The summed E-state index contributed by atoms with van der Waals surface area (Å²) in [5.74, 6) is -1.42. The zero-order chi connectivity index (χ0) is 27.1. The van der Waals surface area contributed by atoms with Crippen molar-refractivity contribution in [2.24, 2.45) is 0 Å². The van der Waals surface area contributed by atoms with Gasteiger partial charge in [0.2, 0.25) is 0 Å². The summed E-state index contributed by atoms with van der Waals surface area (Å²) < 4.78 is 28.2. The van der Waals surface area contributed by atoms with Gasteiger partial charge in [0.25, 0.3) is 11.5 Å². The number of benzene rings is 2. The number of aromatic amines is 2. The number of rotatable bonds is 8. The molecule has 8 nitrogen and oxygen atoms in total. The third-order valence-corrected chi connectivity index (χ3v) is 6.94. The molecule has 198 valence electrons. The number of aryl methyl sites for hydroxylation is 1. The maximum Gasteiger partial charge on any atom is 0.261 e. The first kappa shape index (κ1) is 25.6. The Morgan fingerprint density at radius 3 is 2.74 bits per heavy atom. The Hall–Kier alpha value is -4.05. The van der Waals surface area contributed by atoms with Gasteiger partial charge >= 0.3 is 0 Å². The minimum absolute atomic E-state index is 0.0260. The summed E-state index contributed by atoms with van der Waals surface area (Å²) in [5.41, 5.74) is 4.24. The van der Waals surface area contributed by atoms with E-state index in [2.05, 4.69) is 20.3 Å². The second-order valence-electron chi connectivity index (χ2n) is 10.1. The lowest BCUT2D eigenvalue weighted by molar-refractivity contribution is 0.0768. The molecule has 1 amide bonds. The van der Waals surface area contributed by atoms with E-state index in [9.17, 15) is 18.4 Å². The van der Waals surface area contributed by atoms with Crippen LogP contribution in [0.5, 0.6) is 0 Å². The predicted molar refractivity (Wildman–Crippen MR) is 143 cm³/mol. The van der Waals surface area contributed by atoms with E-state index in [0.29, 0.717) is 52.4 Å². The van der Waals surface area contributed by atoms with Crippen molar-refractivity contribution in [2.75, 3.05) is 32.5 Å². The van der Waals surface area contributed by atoms with Crippen molar-refractivity contribution in [1.82, 2.24) is 24.8 Å². The Bertz CT molecular complexity index is 1590. The molecule has 0 radical (unpaired) electrons. The normalized spacial score (nSPS) is 14.0. The van der Waals surface area contributed by atoms with Crippen LogP contribution in [-0.2, 0) is 13.0 Å². The molecular weight excluding hydrogens is 490 g/mol. The number of anilines is 1. The number of halogens is 2. The van der Waals surface area contributed by atoms with Crippen LogP contribution in [0.25, 0.3) is 22.4 Å². The van der Waals surface area contributed by atoms with Crippen LogP contribution in [0.15, 0.2) is 41.3 Å². The van der Waals surface area contributed by atoms with E-state index in [1.165, 1.54) is 6.20 Å². The highest BCUT2D eigenvalue weighted by Crippen LogP contribution is 2.30. The van der Waals surface area contributed by atoms with Crippen molar-refractivity contribution in [3.63, 3.8) is 0 Å². The fraction of sp³-hybridized carbons (Fsp3) is 0.321. The summed E-state index contributed by atoms with van der Waals surface area (Å²) >= 11 is 0. The van der Waals surface area contributed by atoms with Crippen molar-refractivity contribution in [2.45, 2.75) is 32.9 Å². The van der Waals surface area contributed by atoms with Gasteiger partial charge in [-0.25, -0.2) is 13.8 Å². The lowest BCUT2D eigenvalue weighted by atomic mass is 10.0. The number of aromatic nitrogens is 3. The number of H-pyrrole nitrogens is 2. The summed E-state index contributed by atoms with van der Waals surface area (Å²) in [4.78, 5) is 40.2. The predicted octanol–water partition coefficient (Wildman–Crippen LogP) is 4.07. The van der Waals surface area contributed by atoms with Gasteiger partial charge in [-0.2, -0.15) is 0 Å². The molecule has 0 aliphatic carbocycles. The standard InChI is InChI=1S/C28H30F2N6O2/c1-15-5-6-20(29)25(30)18(15)11-16(2)32-21-7-8-31-27(37)24(21)26-33-22-12-17-14-36(10-9-35(3)4)28(38)19(17)13-23(22)34-26/h5-8,12-13,16H,9-11,14H2,1-4H3,(H,33,34)(H2,31,32,37)/t16-/m0/s1. The van der Waals surface area contributed by atoms with Crippen molar-refractivity contribution in [3.05, 3.63) is 80.8 Å². The number of fused-ring (bicyclic) bond motifs is 2. The van der Waals surface area contributed by atoms with Crippen molar-refractivity contribution in [1.29, 1.82) is 0 Å². The van der Waals surface area contributed by atoms with E-state index in [-0.39, 0.29) is 23.9 Å². The highest BCUT2D eigenvalue weighted by molar-refractivity contribution is 6.02. The molecule has 2 aromatic carbocycles. The van der Waals surface area contributed by atoms with E-state index in [4.69, 9.17) is 0 Å². The summed E-state index contributed by atoms with van der Waals surface area (Å²) in [6.45, 7) is 5.51. The molecule has 0 fully saturated rings. The Morgan fingerprint density at radius 1 is 1.18 bits per heavy atom. The van der Waals surface area contributed by atoms with Crippen molar-refractivity contribution in [3.8, 4) is 11.4 Å². The molecule has 1 aliphatic heterocycles. The highest BCUT2D eigenvalue weighted by Gasteiger charge is 2.28. The van der Waals surface area contributed by atoms with Crippen molar-refractivity contribution >= 4 is 22.6 Å². The fourth-order valence-corrected chi connectivity index (χ4v) is 4.90. The molecule has 0 bridgehead atoms. The molecule has 0 saturated carbocycles. The number of nitrogens with one attached hydrogen (secondary N) is 3. The Balaban J connectivity index is 1.43. The van der Waals surface area contributed by atoms with E-state index in [1.807, 2.05) is 36.9 Å². The SMILES string of the molecule is Cc1ccc(F)c(F)c1C[C@H](C)Nc1cc[nH]c(=O)c1-c1nc2cc3c(cc2[nH]1)CN(CCN(C)C)C3=O. The number of likely N-dealkylation sites (N-methyl/N-ethyl adjacent to an activating group) is 1. The largest absolute Gasteiger partial charge is 0.381 e. The van der Waals surface area contributed by atoms with Gasteiger partial charge in [0, 0.05) is 37.4 Å². The molecule has 3 heterocycles. The molecule has 1 aliphatic rings. The van der Waals surface area contributed by atoms with Crippen molar-refractivity contribution < 1.29 is 13.6 Å². The van der Waals surface area contributed by atoms with Crippen LogP contribution in [0.3, 0.4) is 0 Å². The zero-order valence-corrected chi connectivity index (χ0v) is 21.8. The number of hydrogen-bond donors (Lipinski definition) is 3. The average molecular weight is 521 g/mol. The topological polar surface area (TPSA) is 97.1 Å². The number of hydrogen-bond acceptors (Lipinski definition) is 5. The van der Waals surface area contributed by atoms with Crippen LogP contribution in [-0.4, -0.2) is 63.9 Å². The maximum atomic E-state index is 14.4. The fourth-order valence-electron chi connectivity index (χ4n) is 4.90. The molecule has 0 unspecified atom stereocenters. The number of amides is 1. The van der Waals surface area contributed by atoms with E-state index < -0.39 is 11.6 Å². The smallest absolute Gasteiger partial charge is 0.261 e. The molecule has 5 rings (SSSR count). The third kappa shape index (κ3) is 4.79. The minimum atomic E-state index is -0.886. The van der Waals surface area contributed by atoms with Crippen LogP contribution < -0.4 is 10.9 Å². The Kier molecular flexibility index (Phi) is 6.75. The average Bonchev–Trinajstić information content (AvgIpc) is 3.41. The van der Waals surface area contributed by atoms with Gasteiger partial charge in [0.1, 0.15) is 11.4 Å². The molecule has 38 heavy (non-hydrogen) atoms. The van der Waals surface area contributed by atoms with E-state index in [0.717, 1.165) is 23.7 Å². The number of pyridine rings is 1. The first-order valence-electron chi connectivity index (χ1n) is 12.5. The molecule has 3 N–H and O–H groups in total. The Labute approximate surface area is 218 Å². The molecule has 4 aromatic rings. The molecule has 2 aromatic heterocycles. The van der Waals surface area contributed by atoms with Gasteiger partial charge < -0.3 is 25.1 Å². The van der Waals surface area contributed by atoms with Gasteiger partial charge in [0.05, 0.1) is 16.7 Å². The molecule has 10 heteroatoms. The number of imidazole rings is 1. The lowest BCUT2D eigenvalue weighted by Gasteiger charge is -2.18. The van der Waals surface area contributed by atoms with Crippen LogP contribution in [0.1, 0.15) is 34.0 Å². The summed E-state index contributed by atoms with van der Waals surface area (Å²) in [7, 11) is 3.94. The Morgan fingerprint density at radius 2 is 1.97 bits per heavy atom. The molecule has 0 saturated heterocycles. The molecular formula is C28H30F2N6O2. The minimum Gasteiger partial charge on any atom is -0.381 e. The van der Waals surface area contributed by atoms with Gasteiger partial charge in [0.15, 0.2) is 11.6 Å². The highest BCUT2D eigenvalue weighted by atomic mass is 19.2. The van der Waals surface area contributed by atoms with Gasteiger partial charge in [-0.1, -0.05) is 6.07 Å². The van der Waals surface area contributed by atoms with Gasteiger partial charge in [-0.15, -0.1) is 0 Å². The number of nitrogens with zero attached hydrogens (tertiary/aromatic N) is 3. The van der Waals surface area contributed by atoms with Crippen LogP contribution in [0.2, 0.25) is 0 Å². The summed E-state index contributed by atoms with van der Waals surface area (Å²) in [5, 5.41) is 3.26. The second kappa shape index (κ2) is 10.0. The van der Waals surface area contributed by atoms with Gasteiger partial charge in [-0.05, 0) is 75.3 Å². The van der Waals surface area contributed by atoms with Crippen LogP contribution >= 0.6 is 0 Å². The second-order valence-corrected chi connectivity index (χ2v) is 10.1. The summed E-state index contributed by atoms with van der Waals surface area (Å²) in [6.07, 6.45) is 1.74. The first-order valence-corrected chi connectivity index (χ1v) is 12.5.